The molecule has 0 aliphatic carbocycles. The van der Waals surface area contributed by atoms with Gasteiger partial charge in [-0.15, -0.1) is 11.3 Å². The molecule has 7 nitrogen and oxygen atoms in total. The summed E-state index contributed by atoms with van der Waals surface area (Å²) in [5, 5.41) is 8.86. The van der Waals surface area contributed by atoms with Crippen LogP contribution in [0.25, 0.3) is 0 Å². The molecule has 1 heterocycles. The van der Waals surface area contributed by atoms with Crippen LogP contribution in [0.15, 0.2) is 12.1 Å². The number of aliphatic carboxylic acids is 1. The monoisotopic (exact) mass is 348 g/mol. The van der Waals surface area contributed by atoms with Crippen molar-refractivity contribution in [3.8, 4) is 0 Å². The Hall–Kier alpha value is -1.45. The summed E-state index contributed by atoms with van der Waals surface area (Å²) in [6.45, 7) is 1.96. The maximum atomic E-state index is 12.2. The number of hydrogen-bond donors (Lipinski definition) is 2. The van der Waals surface area contributed by atoms with E-state index in [1.165, 1.54) is 16.2 Å². The first-order chi connectivity index (χ1) is 10.1. The minimum Gasteiger partial charge on any atom is -0.481 e. The third-order valence-corrected chi connectivity index (χ3v) is 4.79. The molecule has 0 saturated carbocycles. The maximum absolute atomic E-state index is 12.2. The number of carbonyl (C=O) groups is 2. The summed E-state index contributed by atoms with van der Waals surface area (Å²) in [5.41, 5.74) is 0. The number of carboxylic acid groups (broad SMARTS) is 1. The van der Waals surface area contributed by atoms with E-state index in [0.29, 0.717) is 11.3 Å². The van der Waals surface area contributed by atoms with E-state index in [4.69, 9.17) is 5.11 Å². The zero-order chi connectivity index (χ0) is 16.9. The summed E-state index contributed by atoms with van der Waals surface area (Å²) in [6.07, 6.45) is 1.59. The molecular formula is C13H20N2O5S2. The number of carbonyl (C=O) groups excluding carboxylic acids is 1. The Morgan fingerprint density at radius 2 is 2.05 bits per heavy atom. The van der Waals surface area contributed by atoms with Gasteiger partial charge < -0.3 is 10.0 Å². The van der Waals surface area contributed by atoms with Crippen LogP contribution in [0.1, 0.15) is 21.5 Å². The molecule has 0 saturated heterocycles. The standard InChI is InChI=1S/C13H20N2O5S2/c1-9(13(17)18)8-15(2)12(16)11-5-4-10(21-11)6-7-14-22(3,19)20/h4-5,9,14H,6-8H2,1-3H3,(H,17,18). The molecule has 1 unspecified atom stereocenters. The second-order valence-corrected chi connectivity index (χ2v) is 8.11. The van der Waals surface area contributed by atoms with Crippen molar-refractivity contribution < 1.29 is 23.1 Å². The van der Waals surface area contributed by atoms with Crippen molar-refractivity contribution in [2.24, 2.45) is 5.92 Å². The van der Waals surface area contributed by atoms with Crippen LogP contribution in [0.2, 0.25) is 0 Å². The number of amides is 1. The van der Waals surface area contributed by atoms with Crippen LogP contribution in [-0.4, -0.2) is 56.7 Å². The Balaban J connectivity index is 2.59. The molecular weight excluding hydrogens is 328 g/mol. The van der Waals surface area contributed by atoms with E-state index in [9.17, 15) is 18.0 Å². The maximum Gasteiger partial charge on any atom is 0.308 e. The molecule has 1 aromatic heterocycles. The van der Waals surface area contributed by atoms with Crippen LogP contribution in [-0.2, 0) is 21.2 Å². The summed E-state index contributed by atoms with van der Waals surface area (Å²) in [4.78, 5) is 25.8. The fraction of sp³-hybridized carbons (Fsp3) is 0.538. The number of carboxylic acids is 1. The van der Waals surface area contributed by atoms with E-state index in [-0.39, 0.29) is 19.0 Å². The molecule has 0 aromatic carbocycles. The molecule has 22 heavy (non-hydrogen) atoms. The Morgan fingerprint density at radius 3 is 2.59 bits per heavy atom. The summed E-state index contributed by atoms with van der Waals surface area (Å²) < 4.78 is 24.3. The van der Waals surface area contributed by atoms with Gasteiger partial charge in [-0.2, -0.15) is 0 Å². The normalized spacial score (nSPS) is 12.9. The second-order valence-electron chi connectivity index (χ2n) is 5.11. The minimum atomic E-state index is -3.22. The first kappa shape index (κ1) is 18.6. The number of nitrogens with one attached hydrogen (secondary N) is 1. The van der Waals surface area contributed by atoms with Gasteiger partial charge in [0.05, 0.1) is 17.1 Å². The predicted octanol–water partition coefficient (Wildman–Crippen LogP) is 0.632. The molecule has 0 radical (unpaired) electrons. The van der Waals surface area contributed by atoms with Gasteiger partial charge in [-0.1, -0.05) is 6.92 Å². The number of hydrogen-bond acceptors (Lipinski definition) is 5. The second kappa shape index (κ2) is 7.70. The fourth-order valence-corrected chi connectivity index (χ4v) is 3.22. The van der Waals surface area contributed by atoms with E-state index < -0.39 is 21.9 Å². The lowest BCUT2D eigenvalue weighted by Crippen LogP contribution is -2.33. The SMILES string of the molecule is CC(CN(C)C(=O)c1ccc(CCNS(C)(=O)=O)s1)C(=O)O. The van der Waals surface area contributed by atoms with Crippen LogP contribution >= 0.6 is 11.3 Å². The average Bonchev–Trinajstić information content (AvgIpc) is 2.84. The van der Waals surface area contributed by atoms with Gasteiger partial charge in [0.1, 0.15) is 0 Å². The molecule has 9 heteroatoms. The van der Waals surface area contributed by atoms with Crippen LogP contribution in [0.4, 0.5) is 0 Å². The molecule has 1 aromatic rings. The van der Waals surface area contributed by atoms with Crippen molar-refractivity contribution in [3.63, 3.8) is 0 Å². The highest BCUT2D eigenvalue weighted by atomic mass is 32.2. The molecule has 1 atom stereocenters. The lowest BCUT2D eigenvalue weighted by Gasteiger charge is -2.18. The molecule has 1 rings (SSSR count). The van der Waals surface area contributed by atoms with Gasteiger partial charge in [0.2, 0.25) is 10.0 Å². The van der Waals surface area contributed by atoms with Crippen molar-refractivity contribution >= 4 is 33.2 Å². The first-order valence-electron chi connectivity index (χ1n) is 6.61. The van der Waals surface area contributed by atoms with Gasteiger partial charge in [0, 0.05) is 25.0 Å². The Kier molecular flexibility index (Phi) is 6.51. The van der Waals surface area contributed by atoms with Crippen molar-refractivity contribution in [3.05, 3.63) is 21.9 Å². The van der Waals surface area contributed by atoms with Gasteiger partial charge in [0.25, 0.3) is 5.91 Å². The quantitative estimate of drug-likeness (QED) is 0.717. The van der Waals surface area contributed by atoms with Crippen molar-refractivity contribution in [2.75, 3.05) is 26.4 Å². The van der Waals surface area contributed by atoms with E-state index in [1.807, 2.05) is 0 Å². The zero-order valence-corrected chi connectivity index (χ0v) is 14.3. The lowest BCUT2D eigenvalue weighted by atomic mass is 10.2. The Bertz CT molecular complexity index is 639. The summed E-state index contributed by atoms with van der Waals surface area (Å²) in [7, 11) is -1.65. The number of thiophene rings is 1. The summed E-state index contributed by atoms with van der Waals surface area (Å²) in [5.74, 6) is -1.81. The summed E-state index contributed by atoms with van der Waals surface area (Å²) >= 11 is 1.28. The average molecular weight is 348 g/mol. The van der Waals surface area contributed by atoms with Crippen molar-refractivity contribution in [1.29, 1.82) is 0 Å². The van der Waals surface area contributed by atoms with Crippen molar-refractivity contribution in [2.45, 2.75) is 13.3 Å². The third kappa shape index (κ3) is 6.12. The molecule has 2 N–H and O–H groups in total. The van der Waals surface area contributed by atoms with Crippen LogP contribution in [0, 0.1) is 5.92 Å². The third-order valence-electron chi connectivity index (χ3n) is 2.92. The Morgan fingerprint density at radius 1 is 1.41 bits per heavy atom. The van der Waals surface area contributed by atoms with Gasteiger partial charge in [-0.25, -0.2) is 13.1 Å². The number of nitrogens with zero attached hydrogens (tertiary/aromatic N) is 1. The molecule has 0 fully saturated rings. The Labute approximate surface area is 134 Å². The van der Waals surface area contributed by atoms with Gasteiger partial charge >= 0.3 is 5.97 Å². The highest BCUT2D eigenvalue weighted by molar-refractivity contribution is 7.88. The van der Waals surface area contributed by atoms with E-state index in [2.05, 4.69) is 4.72 Å². The predicted molar refractivity (Wildman–Crippen MR) is 84.6 cm³/mol. The largest absolute Gasteiger partial charge is 0.481 e. The van der Waals surface area contributed by atoms with E-state index in [0.717, 1.165) is 11.1 Å². The highest BCUT2D eigenvalue weighted by Crippen LogP contribution is 2.19. The van der Waals surface area contributed by atoms with Crippen LogP contribution < -0.4 is 4.72 Å². The molecule has 1 amide bonds. The van der Waals surface area contributed by atoms with E-state index in [1.54, 1.807) is 26.1 Å². The molecule has 0 aliphatic rings. The smallest absolute Gasteiger partial charge is 0.308 e. The van der Waals surface area contributed by atoms with Crippen LogP contribution in [0.3, 0.4) is 0 Å². The van der Waals surface area contributed by atoms with Gasteiger partial charge in [0.15, 0.2) is 0 Å². The van der Waals surface area contributed by atoms with Crippen molar-refractivity contribution in [1.82, 2.24) is 9.62 Å². The first-order valence-corrected chi connectivity index (χ1v) is 9.32. The lowest BCUT2D eigenvalue weighted by molar-refractivity contribution is -0.141. The van der Waals surface area contributed by atoms with Gasteiger partial charge in [-0.05, 0) is 18.6 Å². The van der Waals surface area contributed by atoms with E-state index >= 15 is 0 Å². The number of rotatable bonds is 8. The van der Waals surface area contributed by atoms with Crippen LogP contribution in [0.5, 0.6) is 0 Å². The number of sulfonamides is 1. The summed E-state index contributed by atoms with van der Waals surface area (Å²) in [6, 6.07) is 3.45. The molecule has 0 bridgehead atoms. The minimum absolute atomic E-state index is 0.136. The van der Waals surface area contributed by atoms with Gasteiger partial charge in [-0.3, -0.25) is 9.59 Å². The molecule has 124 valence electrons. The topological polar surface area (TPSA) is 104 Å². The zero-order valence-electron chi connectivity index (χ0n) is 12.7. The highest BCUT2D eigenvalue weighted by Gasteiger charge is 2.19. The molecule has 0 spiro atoms. The fourth-order valence-electron chi connectivity index (χ4n) is 1.75. The molecule has 0 aliphatic heterocycles.